The molecule has 6 heteroatoms. The fraction of sp³-hybridized carbons (Fsp3) is 0.778. The van der Waals surface area contributed by atoms with E-state index in [1.165, 1.54) is 9.80 Å². The molecule has 0 aromatic heterocycles. The summed E-state index contributed by atoms with van der Waals surface area (Å²) < 4.78 is 5.19. The molecule has 6 nitrogen and oxygen atoms in total. The Morgan fingerprint density at radius 3 is 2.67 bits per heavy atom. The van der Waals surface area contributed by atoms with Crippen LogP contribution in [-0.4, -0.2) is 68.7 Å². The number of hydrogen-bond donors (Lipinski definition) is 1. The summed E-state index contributed by atoms with van der Waals surface area (Å²) in [5, 5.41) is 2.53. The molecule has 1 aliphatic heterocycles. The fourth-order valence-corrected chi connectivity index (χ4v) is 1.47. The fourth-order valence-electron chi connectivity index (χ4n) is 1.47. The van der Waals surface area contributed by atoms with Crippen molar-refractivity contribution in [1.29, 1.82) is 0 Å². The minimum absolute atomic E-state index is 0.160. The first-order chi connectivity index (χ1) is 7.07. The summed E-state index contributed by atoms with van der Waals surface area (Å²) in [6, 6.07) is -0.675. The Kier molecular flexibility index (Phi) is 3.90. The maximum absolute atomic E-state index is 11.7. The Hall–Kier alpha value is -1.30. The van der Waals surface area contributed by atoms with Gasteiger partial charge in [-0.05, 0) is 0 Å². The van der Waals surface area contributed by atoms with Crippen molar-refractivity contribution >= 4 is 11.9 Å². The second-order valence-corrected chi connectivity index (χ2v) is 3.58. The molecule has 0 spiro atoms. The quantitative estimate of drug-likeness (QED) is 0.617. The minimum atomic E-state index is -0.515. The van der Waals surface area contributed by atoms with Gasteiger partial charge in [0.15, 0.2) is 0 Å². The van der Waals surface area contributed by atoms with E-state index >= 15 is 0 Å². The monoisotopic (exact) mass is 215 g/mol. The zero-order valence-electron chi connectivity index (χ0n) is 9.32. The van der Waals surface area contributed by atoms with Gasteiger partial charge in [0.05, 0.1) is 13.2 Å². The first-order valence-electron chi connectivity index (χ1n) is 4.85. The van der Waals surface area contributed by atoms with Gasteiger partial charge in [-0.2, -0.15) is 0 Å². The molecule has 3 amide bonds. The van der Waals surface area contributed by atoms with Gasteiger partial charge in [0, 0.05) is 27.7 Å². The van der Waals surface area contributed by atoms with Crippen LogP contribution in [0.3, 0.4) is 0 Å². The van der Waals surface area contributed by atoms with Gasteiger partial charge < -0.3 is 19.9 Å². The standard InChI is InChI=1S/C9H17N3O3/c1-10-8(13)7-6-15-5-4-12(7)9(14)11(2)3/h7H,4-6H2,1-3H3,(H,10,13). The zero-order valence-corrected chi connectivity index (χ0v) is 9.32. The number of carbonyl (C=O) groups is 2. The molecule has 1 N–H and O–H groups in total. The predicted molar refractivity (Wildman–Crippen MR) is 54.5 cm³/mol. The Morgan fingerprint density at radius 2 is 2.13 bits per heavy atom. The molecule has 0 saturated carbocycles. The Labute approximate surface area is 89.2 Å². The highest BCUT2D eigenvalue weighted by molar-refractivity contribution is 5.87. The summed E-state index contributed by atoms with van der Waals surface area (Å²) >= 11 is 0. The second kappa shape index (κ2) is 4.97. The van der Waals surface area contributed by atoms with Gasteiger partial charge in [0.25, 0.3) is 0 Å². The smallest absolute Gasteiger partial charge is 0.320 e. The molecular formula is C9H17N3O3. The van der Waals surface area contributed by atoms with E-state index in [-0.39, 0.29) is 18.5 Å². The first-order valence-corrected chi connectivity index (χ1v) is 4.85. The van der Waals surface area contributed by atoms with Crippen molar-refractivity contribution in [3.63, 3.8) is 0 Å². The van der Waals surface area contributed by atoms with Gasteiger partial charge in [0.2, 0.25) is 5.91 Å². The molecule has 1 heterocycles. The molecule has 0 radical (unpaired) electrons. The van der Waals surface area contributed by atoms with Crippen molar-refractivity contribution in [2.75, 3.05) is 40.9 Å². The summed E-state index contributed by atoms with van der Waals surface area (Å²) in [4.78, 5) is 26.2. The molecule has 1 rings (SSSR count). The number of amides is 3. The van der Waals surface area contributed by atoms with Gasteiger partial charge in [0.1, 0.15) is 6.04 Å². The van der Waals surface area contributed by atoms with Crippen molar-refractivity contribution < 1.29 is 14.3 Å². The molecule has 15 heavy (non-hydrogen) atoms. The first kappa shape index (κ1) is 11.8. The third-order valence-electron chi connectivity index (χ3n) is 2.31. The highest BCUT2D eigenvalue weighted by atomic mass is 16.5. The zero-order chi connectivity index (χ0) is 11.4. The van der Waals surface area contributed by atoms with E-state index in [0.29, 0.717) is 13.2 Å². The lowest BCUT2D eigenvalue weighted by Crippen LogP contribution is -2.57. The van der Waals surface area contributed by atoms with Crippen molar-refractivity contribution in [3.05, 3.63) is 0 Å². The van der Waals surface area contributed by atoms with E-state index in [1.807, 2.05) is 0 Å². The summed E-state index contributed by atoms with van der Waals surface area (Å²) in [6.07, 6.45) is 0. The maximum atomic E-state index is 11.7. The molecular weight excluding hydrogens is 198 g/mol. The number of nitrogens with one attached hydrogen (secondary N) is 1. The van der Waals surface area contributed by atoms with Gasteiger partial charge in [-0.1, -0.05) is 0 Å². The predicted octanol–water partition coefficient (Wildman–Crippen LogP) is -0.885. The van der Waals surface area contributed by atoms with Crippen molar-refractivity contribution in [3.8, 4) is 0 Å². The summed E-state index contributed by atoms with van der Waals surface area (Å²) in [7, 11) is 4.88. The lowest BCUT2D eigenvalue weighted by molar-refractivity contribution is -0.130. The Balaban J connectivity index is 2.73. The molecule has 86 valence electrons. The number of urea groups is 1. The topological polar surface area (TPSA) is 61.9 Å². The van der Waals surface area contributed by atoms with Crippen LogP contribution >= 0.6 is 0 Å². The van der Waals surface area contributed by atoms with Crippen molar-refractivity contribution in [1.82, 2.24) is 15.1 Å². The van der Waals surface area contributed by atoms with Crippen LogP contribution in [0, 0.1) is 0 Å². The third-order valence-corrected chi connectivity index (χ3v) is 2.31. The van der Waals surface area contributed by atoms with Crippen LogP contribution < -0.4 is 5.32 Å². The van der Waals surface area contributed by atoms with Gasteiger partial charge in [-0.15, -0.1) is 0 Å². The van der Waals surface area contributed by atoms with Crippen LogP contribution in [0.2, 0.25) is 0 Å². The SMILES string of the molecule is CNC(=O)C1COCCN1C(=O)N(C)C. The number of ether oxygens (including phenoxy) is 1. The number of hydrogen-bond acceptors (Lipinski definition) is 3. The van der Waals surface area contributed by atoms with Crippen molar-refractivity contribution in [2.24, 2.45) is 0 Å². The van der Waals surface area contributed by atoms with Crippen LogP contribution in [0.1, 0.15) is 0 Å². The third kappa shape index (κ3) is 2.59. The average Bonchev–Trinajstić information content (AvgIpc) is 2.27. The number of nitrogens with zero attached hydrogens (tertiary/aromatic N) is 2. The highest BCUT2D eigenvalue weighted by Gasteiger charge is 2.32. The maximum Gasteiger partial charge on any atom is 0.320 e. The summed E-state index contributed by atoms with van der Waals surface area (Å²) in [6.45, 7) is 1.20. The lowest BCUT2D eigenvalue weighted by atomic mass is 10.2. The Morgan fingerprint density at radius 1 is 1.47 bits per heavy atom. The van der Waals surface area contributed by atoms with E-state index < -0.39 is 6.04 Å². The number of rotatable bonds is 1. The van der Waals surface area contributed by atoms with E-state index in [2.05, 4.69) is 5.32 Å². The molecule has 1 saturated heterocycles. The van der Waals surface area contributed by atoms with Crippen LogP contribution in [-0.2, 0) is 9.53 Å². The Bertz CT molecular complexity index is 255. The van der Waals surface area contributed by atoms with Crippen LogP contribution in [0.5, 0.6) is 0 Å². The molecule has 0 aliphatic carbocycles. The minimum Gasteiger partial charge on any atom is -0.377 e. The largest absolute Gasteiger partial charge is 0.377 e. The van der Waals surface area contributed by atoms with Gasteiger partial charge >= 0.3 is 6.03 Å². The molecule has 1 fully saturated rings. The molecule has 0 bridgehead atoms. The van der Waals surface area contributed by atoms with Crippen LogP contribution in [0.25, 0.3) is 0 Å². The van der Waals surface area contributed by atoms with E-state index in [4.69, 9.17) is 4.74 Å². The molecule has 1 unspecified atom stereocenters. The van der Waals surface area contributed by atoms with Gasteiger partial charge in [-0.25, -0.2) is 4.79 Å². The summed E-state index contributed by atoms with van der Waals surface area (Å²) in [5.41, 5.74) is 0. The molecule has 0 aromatic carbocycles. The van der Waals surface area contributed by atoms with Crippen LogP contribution in [0.4, 0.5) is 4.79 Å². The highest BCUT2D eigenvalue weighted by Crippen LogP contribution is 2.09. The van der Waals surface area contributed by atoms with Crippen LogP contribution in [0.15, 0.2) is 0 Å². The number of likely N-dealkylation sites (N-methyl/N-ethyl adjacent to an activating group) is 1. The number of carbonyl (C=O) groups excluding carboxylic acids is 2. The van der Waals surface area contributed by atoms with E-state index in [0.717, 1.165) is 0 Å². The van der Waals surface area contributed by atoms with E-state index in [9.17, 15) is 9.59 Å². The number of morpholine rings is 1. The summed E-state index contributed by atoms with van der Waals surface area (Å²) in [5.74, 6) is -0.190. The molecule has 0 aromatic rings. The van der Waals surface area contributed by atoms with Gasteiger partial charge in [-0.3, -0.25) is 4.79 Å². The van der Waals surface area contributed by atoms with E-state index in [1.54, 1.807) is 21.1 Å². The average molecular weight is 215 g/mol. The van der Waals surface area contributed by atoms with Crippen molar-refractivity contribution in [2.45, 2.75) is 6.04 Å². The second-order valence-electron chi connectivity index (χ2n) is 3.58. The lowest BCUT2D eigenvalue weighted by Gasteiger charge is -2.35. The normalized spacial score (nSPS) is 21.0. The molecule has 1 atom stereocenters. The molecule has 1 aliphatic rings.